The van der Waals surface area contributed by atoms with Gasteiger partial charge in [-0.25, -0.2) is 0 Å². The lowest BCUT2D eigenvalue weighted by Gasteiger charge is -2.27. The minimum absolute atomic E-state index is 0.278. The van der Waals surface area contributed by atoms with Crippen molar-refractivity contribution in [2.75, 3.05) is 20.3 Å². The van der Waals surface area contributed by atoms with Gasteiger partial charge in [-0.05, 0) is 37.6 Å². The summed E-state index contributed by atoms with van der Waals surface area (Å²) in [6.45, 7) is 2.66. The molecule has 110 valence electrons. The van der Waals surface area contributed by atoms with Crippen molar-refractivity contribution < 1.29 is 24.1 Å². The van der Waals surface area contributed by atoms with E-state index in [9.17, 15) is 9.90 Å². The third kappa shape index (κ3) is 2.88. The van der Waals surface area contributed by atoms with Gasteiger partial charge in [0.1, 0.15) is 11.5 Å². The van der Waals surface area contributed by atoms with Crippen LogP contribution in [-0.4, -0.2) is 37.5 Å². The molecule has 2 atom stereocenters. The fraction of sp³-hybridized carbons (Fsp3) is 0.533. The van der Waals surface area contributed by atoms with Gasteiger partial charge in [0.05, 0.1) is 25.2 Å². The van der Waals surface area contributed by atoms with Crippen LogP contribution in [0, 0.1) is 5.41 Å². The van der Waals surface area contributed by atoms with Crippen LogP contribution in [0.15, 0.2) is 24.3 Å². The Bertz CT molecular complexity index is 456. The van der Waals surface area contributed by atoms with Gasteiger partial charge in [0.25, 0.3) is 0 Å². The second-order valence-corrected chi connectivity index (χ2v) is 5.00. The molecule has 0 bridgehead atoms. The monoisotopic (exact) mass is 280 g/mol. The highest BCUT2D eigenvalue weighted by Crippen LogP contribution is 2.38. The minimum Gasteiger partial charge on any atom is -0.497 e. The number of rotatable bonds is 6. The molecule has 1 heterocycles. The molecule has 0 amide bonds. The lowest BCUT2D eigenvalue weighted by Crippen LogP contribution is -2.38. The van der Waals surface area contributed by atoms with Crippen LogP contribution < -0.4 is 9.47 Å². The summed E-state index contributed by atoms with van der Waals surface area (Å²) >= 11 is 0. The van der Waals surface area contributed by atoms with Gasteiger partial charge in [0.15, 0.2) is 0 Å². The number of hydrogen-bond acceptors (Lipinski definition) is 4. The maximum atomic E-state index is 11.5. The number of aliphatic carboxylic acids is 1. The molecule has 0 radical (unpaired) electrons. The van der Waals surface area contributed by atoms with E-state index in [4.69, 9.17) is 14.2 Å². The Hall–Kier alpha value is -1.75. The molecular formula is C15H20O5. The molecular weight excluding hydrogens is 260 g/mol. The normalized spacial score (nSPS) is 25.4. The van der Waals surface area contributed by atoms with Crippen LogP contribution in [0.2, 0.25) is 0 Å². The molecule has 1 aromatic rings. The molecule has 1 fully saturated rings. The van der Waals surface area contributed by atoms with E-state index in [2.05, 4.69) is 0 Å². The fourth-order valence-corrected chi connectivity index (χ4v) is 2.52. The van der Waals surface area contributed by atoms with Gasteiger partial charge in [-0.1, -0.05) is 0 Å². The molecule has 0 aromatic heterocycles. The molecule has 0 spiro atoms. The summed E-state index contributed by atoms with van der Waals surface area (Å²) in [5.74, 6) is 0.663. The van der Waals surface area contributed by atoms with Gasteiger partial charge in [-0.3, -0.25) is 4.79 Å². The maximum Gasteiger partial charge on any atom is 0.312 e. The van der Waals surface area contributed by atoms with Crippen LogP contribution in [0.5, 0.6) is 11.5 Å². The van der Waals surface area contributed by atoms with E-state index < -0.39 is 11.4 Å². The number of carbonyl (C=O) groups is 1. The highest BCUT2D eigenvalue weighted by Gasteiger charge is 2.48. The molecule has 5 heteroatoms. The second kappa shape index (κ2) is 6.13. The van der Waals surface area contributed by atoms with Crippen molar-refractivity contribution in [1.82, 2.24) is 0 Å². The topological polar surface area (TPSA) is 65.0 Å². The van der Waals surface area contributed by atoms with E-state index in [0.717, 1.165) is 5.75 Å². The SMILES string of the molecule is COc1ccc(OCCC2(C(=O)O)CCOC2C)cc1. The van der Waals surface area contributed by atoms with E-state index in [0.29, 0.717) is 31.8 Å². The predicted octanol–water partition coefficient (Wildman–Crippen LogP) is 2.34. The Morgan fingerprint density at radius 1 is 1.40 bits per heavy atom. The minimum atomic E-state index is -0.827. The van der Waals surface area contributed by atoms with Gasteiger partial charge < -0.3 is 19.3 Å². The molecule has 1 N–H and O–H groups in total. The highest BCUT2D eigenvalue weighted by atomic mass is 16.5. The van der Waals surface area contributed by atoms with Gasteiger partial charge >= 0.3 is 5.97 Å². The number of hydrogen-bond donors (Lipinski definition) is 1. The van der Waals surface area contributed by atoms with Gasteiger partial charge in [-0.15, -0.1) is 0 Å². The van der Waals surface area contributed by atoms with Crippen molar-refractivity contribution in [2.45, 2.75) is 25.9 Å². The van der Waals surface area contributed by atoms with Gasteiger partial charge in [-0.2, -0.15) is 0 Å². The quantitative estimate of drug-likeness (QED) is 0.866. The zero-order chi connectivity index (χ0) is 14.6. The van der Waals surface area contributed by atoms with Crippen LogP contribution in [-0.2, 0) is 9.53 Å². The Labute approximate surface area is 118 Å². The number of carboxylic acid groups (broad SMARTS) is 1. The first-order valence-corrected chi connectivity index (χ1v) is 6.70. The Morgan fingerprint density at radius 2 is 2.05 bits per heavy atom. The van der Waals surface area contributed by atoms with Crippen LogP contribution in [0.1, 0.15) is 19.8 Å². The lowest BCUT2D eigenvalue weighted by molar-refractivity contribution is -0.153. The predicted molar refractivity (Wildman–Crippen MR) is 73.2 cm³/mol. The molecule has 2 unspecified atom stereocenters. The molecule has 20 heavy (non-hydrogen) atoms. The van der Waals surface area contributed by atoms with Gasteiger partial charge in [0.2, 0.25) is 0 Å². The summed E-state index contributed by atoms with van der Waals surface area (Å²) in [5, 5.41) is 9.45. The summed E-state index contributed by atoms with van der Waals surface area (Å²) < 4.78 is 16.1. The van der Waals surface area contributed by atoms with E-state index in [1.54, 1.807) is 19.2 Å². The molecule has 1 aliphatic rings. The first kappa shape index (κ1) is 14.7. The van der Waals surface area contributed by atoms with Crippen molar-refractivity contribution in [1.29, 1.82) is 0 Å². The Balaban J connectivity index is 1.92. The number of methoxy groups -OCH3 is 1. The standard InChI is InChI=1S/C15H20O5/c1-11-15(14(16)17,7-9-19-11)8-10-20-13-5-3-12(18-2)4-6-13/h3-6,11H,7-10H2,1-2H3,(H,16,17). The van der Waals surface area contributed by atoms with E-state index >= 15 is 0 Å². The fourth-order valence-electron chi connectivity index (χ4n) is 2.52. The lowest BCUT2D eigenvalue weighted by atomic mass is 9.79. The molecule has 1 saturated heterocycles. The zero-order valence-corrected chi connectivity index (χ0v) is 11.8. The maximum absolute atomic E-state index is 11.5. The first-order valence-electron chi connectivity index (χ1n) is 6.70. The van der Waals surface area contributed by atoms with Crippen molar-refractivity contribution in [3.8, 4) is 11.5 Å². The molecule has 5 nitrogen and oxygen atoms in total. The summed E-state index contributed by atoms with van der Waals surface area (Å²) in [7, 11) is 1.61. The smallest absolute Gasteiger partial charge is 0.312 e. The average molecular weight is 280 g/mol. The molecule has 1 aliphatic heterocycles. The van der Waals surface area contributed by atoms with Crippen LogP contribution >= 0.6 is 0 Å². The van der Waals surface area contributed by atoms with Crippen LogP contribution in [0.3, 0.4) is 0 Å². The summed E-state index contributed by atoms with van der Waals surface area (Å²) in [6.07, 6.45) is 0.699. The average Bonchev–Trinajstić information content (AvgIpc) is 2.82. The number of benzene rings is 1. The van der Waals surface area contributed by atoms with E-state index in [-0.39, 0.29) is 6.10 Å². The third-order valence-corrected chi connectivity index (χ3v) is 4.00. The Kier molecular flexibility index (Phi) is 4.49. The van der Waals surface area contributed by atoms with Crippen LogP contribution in [0.4, 0.5) is 0 Å². The van der Waals surface area contributed by atoms with E-state index in [1.807, 2.05) is 19.1 Å². The summed E-state index contributed by atoms with van der Waals surface area (Å²) in [5.41, 5.74) is -0.827. The van der Waals surface area contributed by atoms with Crippen molar-refractivity contribution in [3.63, 3.8) is 0 Å². The second-order valence-electron chi connectivity index (χ2n) is 5.00. The molecule has 0 aliphatic carbocycles. The largest absolute Gasteiger partial charge is 0.497 e. The number of carboxylic acids is 1. The Morgan fingerprint density at radius 3 is 2.55 bits per heavy atom. The van der Waals surface area contributed by atoms with Crippen LogP contribution in [0.25, 0.3) is 0 Å². The highest BCUT2D eigenvalue weighted by molar-refractivity contribution is 5.75. The van der Waals surface area contributed by atoms with Crippen molar-refractivity contribution >= 4 is 5.97 Å². The zero-order valence-electron chi connectivity index (χ0n) is 11.8. The van der Waals surface area contributed by atoms with E-state index in [1.165, 1.54) is 0 Å². The number of ether oxygens (including phenoxy) is 3. The van der Waals surface area contributed by atoms with Crippen molar-refractivity contribution in [2.24, 2.45) is 5.41 Å². The van der Waals surface area contributed by atoms with Crippen molar-refractivity contribution in [3.05, 3.63) is 24.3 Å². The summed E-state index contributed by atoms with van der Waals surface area (Å²) in [4.78, 5) is 11.5. The summed E-state index contributed by atoms with van der Waals surface area (Å²) in [6, 6.07) is 7.23. The third-order valence-electron chi connectivity index (χ3n) is 4.00. The molecule has 1 aromatic carbocycles. The first-order chi connectivity index (χ1) is 9.58. The van der Waals surface area contributed by atoms with Gasteiger partial charge in [0, 0.05) is 13.0 Å². The molecule has 0 saturated carbocycles. The molecule has 2 rings (SSSR count).